The number of nitrogens with zero attached hydrogens (tertiary/aromatic N) is 3. The average Bonchev–Trinajstić information content (AvgIpc) is 2.79. The summed E-state index contributed by atoms with van der Waals surface area (Å²) in [6.45, 7) is 5.42. The molecule has 0 aliphatic heterocycles. The molecule has 0 spiro atoms. The van der Waals surface area contributed by atoms with Crippen molar-refractivity contribution in [2.45, 2.75) is 20.4 Å². The first kappa shape index (κ1) is 12.3. The average molecular weight is 275 g/mol. The second-order valence-electron chi connectivity index (χ2n) is 5.91. The Morgan fingerprint density at radius 3 is 2.33 bits per heavy atom. The zero-order valence-electron chi connectivity index (χ0n) is 12.2. The Balaban J connectivity index is 2.18. The molecule has 0 saturated heterocycles. The Hall–Kier alpha value is -2.42. The van der Waals surface area contributed by atoms with Gasteiger partial charge < -0.3 is 4.57 Å². The number of hydrogen-bond acceptors (Lipinski definition) is 2. The van der Waals surface area contributed by atoms with Crippen molar-refractivity contribution in [1.82, 2.24) is 14.5 Å². The van der Waals surface area contributed by atoms with Gasteiger partial charge in [-0.15, -0.1) is 0 Å². The predicted octanol–water partition coefficient (Wildman–Crippen LogP) is 4.39. The molecule has 0 aliphatic carbocycles. The van der Waals surface area contributed by atoms with E-state index in [1.807, 2.05) is 24.3 Å². The van der Waals surface area contributed by atoms with Gasteiger partial charge in [0.2, 0.25) is 0 Å². The van der Waals surface area contributed by atoms with Crippen molar-refractivity contribution in [3.05, 3.63) is 48.5 Å². The van der Waals surface area contributed by atoms with Gasteiger partial charge in [0.25, 0.3) is 0 Å². The minimum atomic E-state index is 0.567. The monoisotopic (exact) mass is 275 g/mol. The molecule has 0 aliphatic rings. The number of para-hydroxylation sites is 3. The molecule has 3 nitrogen and oxygen atoms in total. The fraction of sp³-hybridized carbons (Fsp3) is 0.222. The van der Waals surface area contributed by atoms with Crippen LogP contribution in [0.1, 0.15) is 13.8 Å². The van der Waals surface area contributed by atoms with Crippen LogP contribution in [0.4, 0.5) is 0 Å². The van der Waals surface area contributed by atoms with Crippen molar-refractivity contribution in [2.24, 2.45) is 5.92 Å². The summed E-state index contributed by atoms with van der Waals surface area (Å²) in [7, 11) is 0. The van der Waals surface area contributed by atoms with Gasteiger partial charge in [-0.2, -0.15) is 0 Å². The number of rotatable bonds is 2. The van der Waals surface area contributed by atoms with E-state index in [0.717, 1.165) is 28.7 Å². The normalized spacial score (nSPS) is 12.0. The van der Waals surface area contributed by atoms with Gasteiger partial charge in [0.1, 0.15) is 5.52 Å². The van der Waals surface area contributed by atoms with Gasteiger partial charge in [-0.05, 0) is 24.1 Å². The standard InChI is InChI=1S/C18H17N3/c1-12(2)11-21-16-10-6-3-7-13(16)17-18(21)20-15-9-5-4-8-14(15)19-17/h3-10,12H,11H2,1-2H3. The van der Waals surface area contributed by atoms with Crippen LogP contribution in [-0.2, 0) is 6.54 Å². The van der Waals surface area contributed by atoms with Gasteiger partial charge in [0.15, 0.2) is 5.65 Å². The lowest BCUT2D eigenvalue weighted by Crippen LogP contribution is -2.05. The summed E-state index contributed by atoms with van der Waals surface area (Å²) in [6, 6.07) is 16.5. The van der Waals surface area contributed by atoms with Crippen LogP contribution in [0.2, 0.25) is 0 Å². The van der Waals surface area contributed by atoms with Crippen LogP contribution < -0.4 is 0 Å². The lowest BCUT2D eigenvalue weighted by atomic mass is 10.2. The maximum Gasteiger partial charge on any atom is 0.160 e. The molecule has 2 aromatic carbocycles. The van der Waals surface area contributed by atoms with Crippen LogP contribution in [0.3, 0.4) is 0 Å². The van der Waals surface area contributed by atoms with Gasteiger partial charge >= 0.3 is 0 Å². The van der Waals surface area contributed by atoms with E-state index in [2.05, 4.69) is 42.7 Å². The van der Waals surface area contributed by atoms with Gasteiger partial charge in [-0.3, -0.25) is 0 Å². The topological polar surface area (TPSA) is 30.7 Å². The zero-order valence-corrected chi connectivity index (χ0v) is 12.2. The van der Waals surface area contributed by atoms with Crippen molar-refractivity contribution in [2.75, 3.05) is 0 Å². The summed E-state index contributed by atoms with van der Waals surface area (Å²) in [5, 5.41) is 1.19. The van der Waals surface area contributed by atoms with Crippen LogP contribution in [0.5, 0.6) is 0 Å². The van der Waals surface area contributed by atoms with Gasteiger partial charge in [0, 0.05) is 11.9 Å². The first-order valence-corrected chi connectivity index (χ1v) is 7.38. The van der Waals surface area contributed by atoms with Crippen LogP contribution in [0.15, 0.2) is 48.5 Å². The second-order valence-corrected chi connectivity index (χ2v) is 5.91. The lowest BCUT2D eigenvalue weighted by molar-refractivity contribution is 0.543. The molecule has 0 saturated carbocycles. The first-order chi connectivity index (χ1) is 10.2. The Kier molecular flexibility index (Phi) is 2.67. The molecule has 0 N–H and O–H groups in total. The Labute approximate surface area is 123 Å². The minimum absolute atomic E-state index is 0.567. The van der Waals surface area contributed by atoms with Crippen LogP contribution in [0, 0.1) is 5.92 Å². The Morgan fingerprint density at radius 2 is 1.57 bits per heavy atom. The molecule has 4 aromatic rings. The number of aromatic nitrogens is 3. The van der Waals surface area contributed by atoms with Crippen molar-refractivity contribution in [3.8, 4) is 0 Å². The molecule has 2 heterocycles. The second kappa shape index (κ2) is 4.55. The molecule has 0 atom stereocenters. The summed E-state index contributed by atoms with van der Waals surface area (Å²) in [5.41, 5.74) is 5.13. The highest BCUT2D eigenvalue weighted by Crippen LogP contribution is 2.28. The van der Waals surface area contributed by atoms with Crippen molar-refractivity contribution < 1.29 is 0 Å². The molecular weight excluding hydrogens is 258 g/mol. The molecule has 104 valence electrons. The third kappa shape index (κ3) is 1.88. The molecule has 0 amide bonds. The third-order valence-electron chi connectivity index (χ3n) is 3.81. The Bertz CT molecular complexity index is 951. The summed E-state index contributed by atoms with van der Waals surface area (Å²) in [4.78, 5) is 9.72. The predicted molar refractivity (Wildman–Crippen MR) is 87.4 cm³/mol. The third-order valence-corrected chi connectivity index (χ3v) is 3.81. The van der Waals surface area contributed by atoms with E-state index in [-0.39, 0.29) is 0 Å². The quantitative estimate of drug-likeness (QED) is 0.543. The van der Waals surface area contributed by atoms with Crippen LogP contribution in [-0.4, -0.2) is 14.5 Å². The highest BCUT2D eigenvalue weighted by atomic mass is 15.1. The molecule has 4 rings (SSSR count). The van der Waals surface area contributed by atoms with E-state index >= 15 is 0 Å². The number of benzene rings is 2. The maximum atomic E-state index is 4.87. The minimum Gasteiger partial charge on any atom is -0.324 e. The summed E-state index contributed by atoms with van der Waals surface area (Å²) in [6.07, 6.45) is 0. The van der Waals surface area contributed by atoms with Crippen molar-refractivity contribution in [3.63, 3.8) is 0 Å². The van der Waals surface area contributed by atoms with Crippen LogP contribution in [0.25, 0.3) is 33.1 Å². The lowest BCUT2D eigenvalue weighted by Gasteiger charge is -2.09. The molecule has 21 heavy (non-hydrogen) atoms. The van der Waals surface area contributed by atoms with E-state index in [1.165, 1.54) is 10.9 Å². The SMILES string of the molecule is CC(C)Cn1c2ccccc2c2nc3ccccc3nc21. The molecule has 0 radical (unpaired) electrons. The summed E-state index contributed by atoms with van der Waals surface area (Å²) in [5.74, 6) is 0.567. The van der Waals surface area contributed by atoms with E-state index in [0.29, 0.717) is 5.92 Å². The van der Waals surface area contributed by atoms with E-state index in [9.17, 15) is 0 Å². The van der Waals surface area contributed by atoms with Crippen molar-refractivity contribution >= 4 is 33.1 Å². The van der Waals surface area contributed by atoms with Crippen molar-refractivity contribution in [1.29, 1.82) is 0 Å². The highest BCUT2D eigenvalue weighted by molar-refractivity contribution is 6.06. The fourth-order valence-electron chi connectivity index (χ4n) is 2.93. The van der Waals surface area contributed by atoms with E-state index < -0.39 is 0 Å². The number of fused-ring (bicyclic) bond motifs is 4. The van der Waals surface area contributed by atoms with Gasteiger partial charge in [0.05, 0.1) is 16.6 Å². The molecular formula is C18H17N3. The van der Waals surface area contributed by atoms with Gasteiger partial charge in [-0.1, -0.05) is 44.2 Å². The molecule has 0 bridgehead atoms. The molecule has 3 heteroatoms. The van der Waals surface area contributed by atoms with E-state index in [1.54, 1.807) is 0 Å². The highest BCUT2D eigenvalue weighted by Gasteiger charge is 2.14. The summed E-state index contributed by atoms with van der Waals surface area (Å²) < 4.78 is 2.30. The van der Waals surface area contributed by atoms with E-state index in [4.69, 9.17) is 9.97 Å². The molecule has 0 unspecified atom stereocenters. The molecule has 0 fully saturated rings. The smallest absolute Gasteiger partial charge is 0.160 e. The molecule has 2 aromatic heterocycles. The number of hydrogen-bond donors (Lipinski definition) is 0. The maximum absolute atomic E-state index is 4.87. The fourth-order valence-corrected chi connectivity index (χ4v) is 2.93. The zero-order chi connectivity index (χ0) is 14.4. The first-order valence-electron chi connectivity index (χ1n) is 7.38. The van der Waals surface area contributed by atoms with Crippen LogP contribution >= 0.6 is 0 Å². The summed E-state index contributed by atoms with van der Waals surface area (Å²) >= 11 is 0. The Morgan fingerprint density at radius 1 is 0.905 bits per heavy atom. The largest absolute Gasteiger partial charge is 0.324 e. The van der Waals surface area contributed by atoms with Gasteiger partial charge in [-0.25, -0.2) is 9.97 Å².